The molecule has 0 saturated heterocycles. The minimum atomic E-state index is 0.415. The summed E-state index contributed by atoms with van der Waals surface area (Å²) in [6, 6.07) is 59.6. The predicted octanol–water partition coefficient (Wildman–Crippen LogP) is 14.2. The highest BCUT2D eigenvalue weighted by Crippen LogP contribution is 2.57. The van der Waals surface area contributed by atoms with E-state index >= 15 is 0 Å². The number of rotatable bonds is 2. The van der Waals surface area contributed by atoms with Crippen LogP contribution in [0.4, 0.5) is 0 Å². The van der Waals surface area contributed by atoms with E-state index in [2.05, 4.69) is 121 Å². The largest absolute Gasteiger partial charge is 0.192 e. The highest BCUT2D eigenvalue weighted by Gasteiger charge is 2.30. The van der Waals surface area contributed by atoms with Gasteiger partial charge in [0.05, 0.1) is 46.5 Å². The van der Waals surface area contributed by atoms with Gasteiger partial charge in [-0.1, -0.05) is 109 Å². The maximum Gasteiger partial charge on any atom is 0.0998 e. The molecule has 0 radical (unpaired) electrons. The summed E-state index contributed by atoms with van der Waals surface area (Å²) in [6.45, 7) is 0. The van der Waals surface area contributed by atoms with E-state index in [0.29, 0.717) is 22.3 Å². The number of hydrogen-bond acceptors (Lipinski definition) is 4. The Balaban J connectivity index is 1.17. The molecule has 0 unspecified atom stereocenters. The van der Waals surface area contributed by atoms with Crippen molar-refractivity contribution in [2.24, 2.45) is 0 Å². The Kier molecular flexibility index (Phi) is 6.14. The van der Waals surface area contributed by atoms with Gasteiger partial charge in [0.15, 0.2) is 0 Å². The van der Waals surface area contributed by atoms with Crippen LogP contribution in [-0.2, 0) is 0 Å². The third-order valence-corrected chi connectivity index (χ3v) is 13.2. The monoisotopic (exact) mass is 752 g/mol. The standard InChI is InChI=1S/C56H24N4/c57-25-29-9-11-33(31(21-29)27-59)51-37-7-3-4-8-38(37)52(34-12-10-30(26-58)22-32(34)28-60)50-24-48-46-20-18-44-42-16-14-40-36-6-2-1-5-35(36)39-13-15-41(54(42)53(39)40)43-17-19-45(56(46)55(43)44)47(48)23-49(50)51/h1-24H. The van der Waals surface area contributed by atoms with Gasteiger partial charge >= 0.3 is 0 Å². The lowest BCUT2D eigenvalue weighted by Crippen LogP contribution is -1.96. The fourth-order valence-electron chi connectivity index (χ4n) is 10.8. The van der Waals surface area contributed by atoms with Gasteiger partial charge in [-0.05, 0) is 157 Å². The normalized spacial score (nSPS) is 11.9. The van der Waals surface area contributed by atoms with Crippen LogP contribution in [0.5, 0.6) is 0 Å². The second-order valence-electron chi connectivity index (χ2n) is 15.9. The van der Waals surface area contributed by atoms with Crippen LogP contribution < -0.4 is 0 Å². The van der Waals surface area contributed by atoms with Crippen molar-refractivity contribution in [3.8, 4) is 91.0 Å². The summed E-state index contributed by atoms with van der Waals surface area (Å²) in [5.74, 6) is 0. The van der Waals surface area contributed by atoms with Gasteiger partial charge in [0, 0.05) is 11.1 Å². The molecule has 11 aromatic rings. The van der Waals surface area contributed by atoms with Crippen LogP contribution in [0.25, 0.3) is 131 Å². The maximum absolute atomic E-state index is 10.5. The number of nitrogens with zero attached hydrogens (tertiary/aromatic N) is 4. The molecule has 0 saturated carbocycles. The molecule has 0 fully saturated rings. The van der Waals surface area contributed by atoms with Crippen molar-refractivity contribution in [2.45, 2.75) is 0 Å². The summed E-state index contributed by atoms with van der Waals surface area (Å²) in [7, 11) is 0. The second kappa shape index (κ2) is 11.4. The molecule has 2 aliphatic rings. The van der Waals surface area contributed by atoms with Crippen molar-refractivity contribution in [3.05, 3.63) is 168 Å². The lowest BCUT2D eigenvalue weighted by atomic mass is 9.82. The molecule has 0 spiro atoms. The summed E-state index contributed by atoms with van der Waals surface area (Å²) in [5, 5.41) is 54.4. The van der Waals surface area contributed by atoms with Crippen molar-refractivity contribution in [1.29, 1.82) is 21.0 Å². The topological polar surface area (TPSA) is 95.2 Å². The number of nitriles is 4. The summed E-state index contributed by atoms with van der Waals surface area (Å²) in [4.78, 5) is 0. The van der Waals surface area contributed by atoms with E-state index in [9.17, 15) is 21.0 Å². The van der Waals surface area contributed by atoms with Crippen molar-refractivity contribution in [3.63, 3.8) is 0 Å². The molecule has 4 nitrogen and oxygen atoms in total. The average Bonchev–Trinajstić information content (AvgIpc) is 3.81. The first-order valence-corrected chi connectivity index (χ1v) is 19.8. The highest BCUT2D eigenvalue weighted by atomic mass is 14.3. The Morgan fingerprint density at radius 2 is 0.617 bits per heavy atom. The molecular formula is C56H24N4. The van der Waals surface area contributed by atoms with E-state index in [-0.39, 0.29) is 0 Å². The van der Waals surface area contributed by atoms with Gasteiger partial charge in [0.1, 0.15) is 0 Å². The summed E-state index contributed by atoms with van der Waals surface area (Å²) in [6.07, 6.45) is 0. The zero-order valence-electron chi connectivity index (χ0n) is 31.6. The van der Waals surface area contributed by atoms with Gasteiger partial charge in [-0.2, -0.15) is 21.0 Å². The number of benzene rings is 11. The van der Waals surface area contributed by atoms with Crippen LogP contribution in [0.15, 0.2) is 146 Å². The molecule has 0 amide bonds. The fourth-order valence-corrected chi connectivity index (χ4v) is 10.8. The van der Waals surface area contributed by atoms with E-state index < -0.39 is 0 Å². The number of fused-ring (bicyclic) bond motifs is 10. The molecule has 0 heterocycles. The Labute approximate surface area is 343 Å². The van der Waals surface area contributed by atoms with Crippen molar-refractivity contribution < 1.29 is 0 Å². The van der Waals surface area contributed by atoms with E-state index in [4.69, 9.17) is 0 Å². The van der Waals surface area contributed by atoms with Crippen LogP contribution in [0, 0.1) is 45.3 Å². The summed E-state index contributed by atoms with van der Waals surface area (Å²) >= 11 is 0. The van der Waals surface area contributed by atoms with Crippen LogP contribution in [-0.4, -0.2) is 0 Å². The first-order chi connectivity index (χ1) is 29.6. The SMILES string of the molecule is N#Cc1ccc(-c2c3ccccc3c(-c3ccc(C#N)cc3C#N)c3cc4c(cc23)-c2ccc3c5ccc6c7c(ccc(c8ccc-4c2c38)c75)-c2ccccc2-6)c(C#N)c1. The molecule has 60 heavy (non-hydrogen) atoms. The quantitative estimate of drug-likeness (QED) is 0.130. The molecule has 0 bridgehead atoms. The zero-order valence-corrected chi connectivity index (χ0v) is 31.6. The lowest BCUT2D eigenvalue weighted by molar-refractivity contribution is 1.44. The Morgan fingerprint density at radius 1 is 0.250 bits per heavy atom. The minimum Gasteiger partial charge on any atom is -0.192 e. The molecule has 0 atom stereocenters. The molecular weight excluding hydrogens is 729 g/mol. The van der Waals surface area contributed by atoms with E-state index in [1.165, 1.54) is 65.3 Å². The summed E-state index contributed by atoms with van der Waals surface area (Å²) < 4.78 is 0. The van der Waals surface area contributed by atoms with Crippen LogP contribution in [0.1, 0.15) is 22.3 Å². The zero-order chi connectivity index (χ0) is 40.0. The molecule has 0 N–H and O–H groups in total. The first-order valence-electron chi connectivity index (χ1n) is 19.8. The third-order valence-electron chi connectivity index (χ3n) is 13.2. The van der Waals surface area contributed by atoms with Crippen molar-refractivity contribution in [2.75, 3.05) is 0 Å². The van der Waals surface area contributed by atoms with Crippen LogP contribution in [0.3, 0.4) is 0 Å². The van der Waals surface area contributed by atoms with Crippen LogP contribution in [0.2, 0.25) is 0 Å². The van der Waals surface area contributed by atoms with Crippen molar-refractivity contribution >= 4 is 64.6 Å². The lowest BCUT2D eigenvalue weighted by Gasteiger charge is -2.20. The van der Waals surface area contributed by atoms with Gasteiger partial charge in [0.2, 0.25) is 0 Å². The Hall–Kier alpha value is -8.80. The van der Waals surface area contributed by atoms with Crippen molar-refractivity contribution in [1.82, 2.24) is 0 Å². The smallest absolute Gasteiger partial charge is 0.0998 e. The maximum atomic E-state index is 10.5. The fraction of sp³-hybridized carbons (Fsp3) is 0. The second-order valence-corrected chi connectivity index (χ2v) is 15.9. The van der Waals surface area contributed by atoms with Gasteiger partial charge in [-0.3, -0.25) is 0 Å². The van der Waals surface area contributed by atoms with Crippen LogP contribution >= 0.6 is 0 Å². The Morgan fingerprint density at radius 3 is 1.00 bits per heavy atom. The molecule has 4 heteroatoms. The van der Waals surface area contributed by atoms with E-state index in [1.807, 2.05) is 24.3 Å². The highest BCUT2D eigenvalue weighted by molar-refractivity contribution is 6.40. The number of hydrogen-bond donors (Lipinski definition) is 0. The molecule has 2 aliphatic carbocycles. The van der Waals surface area contributed by atoms with Gasteiger partial charge in [-0.25, -0.2) is 0 Å². The van der Waals surface area contributed by atoms with Gasteiger partial charge in [-0.15, -0.1) is 0 Å². The predicted molar refractivity (Wildman–Crippen MR) is 241 cm³/mol. The molecule has 13 rings (SSSR count). The van der Waals surface area contributed by atoms with E-state index in [0.717, 1.165) is 66.1 Å². The first kappa shape index (κ1) is 32.3. The minimum absolute atomic E-state index is 0.415. The third kappa shape index (κ3) is 3.90. The summed E-state index contributed by atoms with van der Waals surface area (Å²) in [5.41, 5.74) is 14.6. The van der Waals surface area contributed by atoms with E-state index in [1.54, 1.807) is 24.3 Å². The molecule has 0 aliphatic heterocycles. The molecule has 11 aromatic carbocycles. The van der Waals surface area contributed by atoms with Gasteiger partial charge in [0.25, 0.3) is 0 Å². The molecule has 0 aromatic heterocycles. The van der Waals surface area contributed by atoms with Gasteiger partial charge < -0.3 is 0 Å². The molecule has 268 valence electrons. The average molecular weight is 753 g/mol. The Bertz CT molecular complexity index is 3790.